The van der Waals surface area contributed by atoms with E-state index in [-0.39, 0.29) is 15.6 Å². The van der Waals surface area contributed by atoms with Crippen LogP contribution in [0.2, 0.25) is 0 Å². The second-order valence-corrected chi connectivity index (χ2v) is 6.65. The number of piperazine rings is 1. The summed E-state index contributed by atoms with van der Waals surface area (Å²) in [5.41, 5.74) is 8.33. The zero-order chi connectivity index (χ0) is 20.2. The van der Waals surface area contributed by atoms with Crippen molar-refractivity contribution in [1.82, 2.24) is 24.8 Å². The number of nitrogens with one attached hydrogen (secondary N) is 1. The van der Waals surface area contributed by atoms with Gasteiger partial charge >= 0.3 is 6.09 Å². The van der Waals surface area contributed by atoms with Gasteiger partial charge in [-0.2, -0.15) is 0 Å². The molecule has 10 heteroatoms. The van der Waals surface area contributed by atoms with Crippen molar-refractivity contribution in [2.24, 2.45) is 0 Å². The van der Waals surface area contributed by atoms with Crippen LogP contribution in [0.4, 0.5) is 16.4 Å². The number of H-pyrrole nitrogens is 1. The summed E-state index contributed by atoms with van der Waals surface area (Å²) in [6, 6.07) is 7.74. The summed E-state index contributed by atoms with van der Waals surface area (Å²) in [7, 11) is 1.57. The Morgan fingerprint density at radius 3 is 2.76 bits per heavy atom. The van der Waals surface area contributed by atoms with E-state index in [2.05, 4.69) is 24.8 Å². The molecule has 0 unspecified atom stereocenters. The van der Waals surface area contributed by atoms with Gasteiger partial charge in [0.1, 0.15) is 12.4 Å². The normalized spacial score (nSPS) is 14.4. The Bertz CT molecular complexity index is 976. The van der Waals surface area contributed by atoms with Crippen molar-refractivity contribution in [1.29, 1.82) is 0 Å². The Kier molecular flexibility index (Phi) is 5.43. The number of rotatable bonds is 5. The number of hydrogen-bond donors (Lipinski definition) is 2. The molecule has 4 rings (SSSR count). The van der Waals surface area contributed by atoms with Gasteiger partial charge in [0, 0.05) is 36.1 Å². The van der Waals surface area contributed by atoms with Gasteiger partial charge in [-0.3, -0.25) is 0 Å². The number of hydrogen-bond acceptors (Lipinski definition) is 8. The molecule has 1 saturated heterocycles. The van der Waals surface area contributed by atoms with Crippen molar-refractivity contribution in [2.75, 3.05) is 57.1 Å². The number of anilines is 2. The average molecular weight is 401 g/mol. The first-order chi connectivity index (χ1) is 14.2. The molecule has 0 spiro atoms. The van der Waals surface area contributed by atoms with Gasteiger partial charge in [-0.05, 0) is 12.1 Å². The highest BCUT2D eigenvalue weighted by Gasteiger charge is 2.24. The Labute approximate surface area is 170 Å². The van der Waals surface area contributed by atoms with Crippen LogP contribution in [0.5, 0.6) is 0 Å². The third-order valence-corrected chi connectivity index (χ3v) is 4.78. The third kappa shape index (κ3) is 4.06. The lowest BCUT2D eigenvalue weighted by molar-refractivity contribution is 0.0705. The fourth-order valence-electron chi connectivity index (χ4n) is 3.20. The van der Waals surface area contributed by atoms with E-state index in [1.54, 1.807) is 18.2 Å². The van der Waals surface area contributed by atoms with E-state index >= 15 is 0 Å². The second-order valence-electron chi connectivity index (χ2n) is 6.65. The Morgan fingerprint density at radius 1 is 1.21 bits per heavy atom. The maximum Gasteiger partial charge on any atom is 0.409 e. The molecule has 1 aromatic carbocycles. The molecule has 1 amide bonds. The van der Waals surface area contributed by atoms with Crippen LogP contribution in [0.25, 0.3) is 22.6 Å². The number of methoxy groups -OCH3 is 1. The first kappa shape index (κ1) is 18.9. The first-order valence-corrected chi connectivity index (χ1v) is 9.39. The van der Waals surface area contributed by atoms with Gasteiger partial charge in [0.15, 0.2) is 17.3 Å². The molecule has 3 aromatic rings. The van der Waals surface area contributed by atoms with E-state index < -0.39 is 0 Å². The Balaban J connectivity index is 0.00000171. The molecule has 0 radical (unpaired) electrons. The van der Waals surface area contributed by atoms with Crippen molar-refractivity contribution in [3.05, 3.63) is 30.5 Å². The molecule has 3 N–H and O–H groups in total. The number of carbonyl (C=O) groups is 1. The maximum absolute atomic E-state index is 12.1. The lowest BCUT2D eigenvalue weighted by Gasteiger charge is -2.34. The van der Waals surface area contributed by atoms with Crippen molar-refractivity contribution >= 4 is 28.8 Å². The summed E-state index contributed by atoms with van der Waals surface area (Å²) in [5.74, 6) is 1.59. The van der Waals surface area contributed by atoms with Crippen LogP contribution in [-0.4, -0.2) is 77.4 Å². The number of aromatic nitrogens is 4. The Hall–Kier alpha value is -3.40. The molecule has 1 aliphatic rings. The molecule has 0 saturated carbocycles. The minimum Gasteiger partial charge on any atom is -0.447 e. The van der Waals surface area contributed by atoms with E-state index in [1.807, 2.05) is 24.3 Å². The van der Waals surface area contributed by atoms with Crippen LogP contribution in [-0.2, 0) is 9.47 Å². The van der Waals surface area contributed by atoms with Gasteiger partial charge in [0.2, 0.25) is 0 Å². The minimum atomic E-state index is -0.326. The summed E-state index contributed by atoms with van der Waals surface area (Å²) in [5, 5.41) is 0. The topological polar surface area (TPSA) is 122 Å². The molecule has 10 nitrogen and oxygen atoms in total. The standard InChI is InChI=1S/C19H23N7O3.2H2/c1-28-10-11-29-19(27)26-8-6-25(7-9-26)15-12-21-17(20)16(24-15)18-22-13-4-2-3-5-14(13)23-18;;/h2-5,12H,6-11H2,1H3,(H2,20,21)(H,22,23);2*1H. The molecule has 3 heterocycles. The number of fused-ring (bicyclic) bond motifs is 1. The number of imidazole rings is 1. The molecular formula is C19H27N7O3. The largest absolute Gasteiger partial charge is 0.447 e. The maximum atomic E-state index is 12.1. The molecule has 1 aliphatic heterocycles. The fourth-order valence-corrected chi connectivity index (χ4v) is 3.20. The summed E-state index contributed by atoms with van der Waals surface area (Å²) in [6.07, 6.45) is 1.32. The zero-order valence-corrected chi connectivity index (χ0v) is 16.2. The molecule has 2 aromatic heterocycles. The summed E-state index contributed by atoms with van der Waals surface area (Å²) in [6.45, 7) is 2.96. The molecular weight excluding hydrogens is 374 g/mol. The predicted octanol–water partition coefficient (Wildman–Crippen LogP) is 2.00. The first-order valence-electron chi connectivity index (χ1n) is 9.39. The van der Waals surface area contributed by atoms with E-state index in [0.717, 1.165) is 11.0 Å². The zero-order valence-electron chi connectivity index (χ0n) is 16.2. The van der Waals surface area contributed by atoms with Crippen molar-refractivity contribution in [3.63, 3.8) is 0 Å². The molecule has 29 heavy (non-hydrogen) atoms. The number of nitrogen functional groups attached to an aromatic ring is 1. The summed E-state index contributed by atoms with van der Waals surface area (Å²) >= 11 is 0. The van der Waals surface area contributed by atoms with Gasteiger partial charge in [-0.25, -0.2) is 19.7 Å². The summed E-state index contributed by atoms with van der Waals surface area (Å²) < 4.78 is 10.1. The van der Waals surface area contributed by atoms with Gasteiger partial charge in [0.05, 0.1) is 23.8 Å². The summed E-state index contributed by atoms with van der Waals surface area (Å²) in [4.78, 5) is 32.6. The number of nitrogens with two attached hydrogens (primary N) is 1. The van der Waals surface area contributed by atoms with E-state index in [0.29, 0.717) is 55.9 Å². The SMILES string of the molecule is COCCOC(=O)N1CCN(c2cnc(N)c(-c3nc4ccccc4[nH]3)n2)CC1.[HH].[HH]. The van der Waals surface area contributed by atoms with Crippen LogP contribution in [0.1, 0.15) is 2.85 Å². The highest BCUT2D eigenvalue weighted by Crippen LogP contribution is 2.25. The minimum absolute atomic E-state index is 0. The number of carbonyl (C=O) groups excluding carboxylic acids is 1. The highest BCUT2D eigenvalue weighted by atomic mass is 16.6. The molecule has 0 aliphatic carbocycles. The highest BCUT2D eigenvalue weighted by molar-refractivity contribution is 5.80. The molecule has 156 valence electrons. The average Bonchev–Trinajstić information content (AvgIpc) is 3.18. The lowest BCUT2D eigenvalue weighted by atomic mass is 10.3. The van der Waals surface area contributed by atoms with E-state index in [1.165, 1.54) is 0 Å². The third-order valence-electron chi connectivity index (χ3n) is 4.78. The van der Waals surface area contributed by atoms with Crippen molar-refractivity contribution < 1.29 is 17.1 Å². The fraction of sp³-hybridized carbons (Fsp3) is 0.368. The van der Waals surface area contributed by atoms with Gasteiger partial charge in [-0.1, -0.05) is 12.1 Å². The van der Waals surface area contributed by atoms with Gasteiger partial charge in [0.25, 0.3) is 0 Å². The Morgan fingerprint density at radius 2 is 2.00 bits per heavy atom. The van der Waals surface area contributed by atoms with Gasteiger partial charge in [-0.15, -0.1) is 0 Å². The van der Waals surface area contributed by atoms with E-state index in [9.17, 15) is 4.79 Å². The number of amides is 1. The number of nitrogens with zero attached hydrogens (tertiary/aromatic N) is 5. The van der Waals surface area contributed by atoms with Crippen LogP contribution in [0, 0.1) is 0 Å². The monoisotopic (exact) mass is 401 g/mol. The number of aromatic amines is 1. The molecule has 0 bridgehead atoms. The van der Waals surface area contributed by atoms with Crippen LogP contribution < -0.4 is 10.6 Å². The quantitative estimate of drug-likeness (QED) is 0.623. The molecule has 0 atom stereocenters. The van der Waals surface area contributed by atoms with Crippen LogP contribution >= 0.6 is 0 Å². The van der Waals surface area contributed by atoms with E-state index in [4.69, 9.17) is 15.2 Å². The van der Waals surface area contributed by atoms with Crippen molar-refractivity contribution in [2.45, 2.75) is 0 Å². The van der Waals surface area contributed by atoms with Crippen LogP contribution in [0.3, 0.4) is 0 Å². The number of benzene rings is 1. The smallest absolute Gasteiger partial charge is 0.409 e. The number of ether oxygens (including phenoxy) is 2. The van der Waals surface area contributed by atoms with Crippen LogP contribution in [0.15, 0.2) is 30.5 Å². The van der Waals surface area contributed by atoms with Gasteiger partial charge < -0.3 is 30.0 Å². The van der Waals surface area contributed by atoms with Crippen molar-refractivity contribution in [3.8, 4) is 11.5 Å². The second kappa shape index (κ2) is 8.31. The lowest BCUT2D eigenvalue weighted by Crippen LogP contribution is -2.49. The number of para-hydroxylation sites is 2. The molecule has 1 fully saturated rings. The predicted molar refractivity (Wildman–Crippen MR) is 113 cm³/mol.